The van der Waals surface area contributed by atoms with E-state index in [1.165, 1.54) is 4.57 Å². The molecule has 5 nitrogen and oxygen atoms in total. The number of benzene rings is 1. The van der Waals surface area contributed by atoms with E-state index in [1.54, 1.807) is 24.5 Å². The van der Waals surface area contributed by atoms with Crippen LogP contribution in [0.2, 0.25) is 15.1 Å². The van der Waals surface area contributed by atoms with E-state index in [1.807, 2.05) is 6.92 Å². The summed E-state index contributed by atoms with van der Waals surface area (Å²) in [6, 6.07) is 2.85. The van der Waals surface area contributed by atoms with E-state index in [4.69, 9.17) is 39.5 Å². The zero-order chi connectivity index (χ0) is 16.8. The van der Waals surface area contributed by atoms with Crippen LogP contribution in [0.4, 0.5) is 4.79 Å². The van der Waals surface area contributed by atoms with Crippen molar-refractivity contribution in [2.24, 2.45) is 0 Å². The summed E-state index contributed by atoms with van der Waals surface area (Å²) in [5.41, 5.74) is 0. The molecular formula is C15H16Cl3N3O2. The van der Waals surface area contributed by atoms with Gasteiger partial charge in [0.25, 0.3) is 0 Å². The third-order valence-corrected chi connectivity index (χ3v) is 3.78. The molecule has 2 aromatic rings. The first-order valence-corrected chi connectivity index (χ1v) is 8.24. The van der Waals surface area contributed by atoms with Crippen LogP contribution in [0.1, 0.15) is 19.2 Å². The summed E-state index contributed by atoms with van der Waals surface area (Å²) < 4.78 is 7.00. The predicted molar refractivity (Wildman–Crippen MR) is 92.0 cm³/mol. The van der Waals surface area contributed by atoms with Gasteiger partial charge < -0.3 is 10.1 Å². The van der Waals surface area contributed by atoms with E-state index >= 15 is 0 Å². The molecule has 0 spiro atoms. The minimum atomic E-state index is -0.247. The molecule has 8 heteroatoms. The van der Waals surface area contributed by atoms with Crippen LogP contribution in [0, 0.1) is 0 Å². The largest absolute Gasteiger partial charge is 0.489 e. The molecule has 0 bridgehead atoms. The predicted octanol–water partition coefficient (Wildman–Crippen LogP) is 4.43. The second-order valence-corrected chi connectivity index (χ2v) is 5.99. The number of halogens is 3. The first-order valence-electron chi connectivity index (χ1n) is 7.10. The Balaban J connectivity index is 1.86. The average Bonchev–Trinajstić information content (AvgIpc) is 2.94. The molecular weight excluding hydrogens is 361 g/mol. The summed E-state index contributed by atoms with van der Waals surface area (Å²) in [5, 5.41) is 3.84. The highest BCUT2D eigenvalue weighted by molar-refractivity contribution is 6.40. The molecule has 0 saturated heterocycles. The topological polar surface area (TPSA) is 56.2 Å². The van der Waals surface area contributed by atoms with Gasteiger partial charge in [-0.3, -0.25) is 4.57 Å². The van der Waals surface area contributed by atoms with Crippen LogP contribution in [0.3, 0.4) is 0 Å². The SMILES string of the molecule is CCCc1nccn1C(=O)NCCOc1c(Cl)cc(Cl)cc1Cl. The molecule has 0 aliphatic heterocycles. The van der Waals surface area contributed by atoms with Gasteiger partial charge in [-0.25, -0.2) is 9.78 Å². The molecule has 23 heavy (non-hydrogen) atoms. The lowest BCUT2D eigenvalue weighted by Crippen LogP contribution is -2.32. The van der Waals surface area contributed by atoms with Crippen molar-refractivity contribution < 1.29 is 9.53 Å². The van der Waals surface area contributed by atoms with Crippen LogP contribution in [-0.2, 0) is 6.42 Å². The zero-order valence-electron chi connectivity index (χ0n) is 12.5. The fourth-order valence-corrected chi connectivity index (χ4v) is 2.92. The number of carbonyl (C=O) groups excluding carboxylic acids is 1. The van der Waals surface area contributed by atoms with Gasteiger partial charge in [0.2, 0.25) is 0 Å². The minimum Gasteiger partial charge on any atom is -0.489 e. The number of amides is 1. The molecule has 1 aromatic heterocycles. The highest BCUT2D eigenvalue weighted by Gasteiger charge is 2.11. The molecule has 0 aliphatic rings. The highest BCUT2D eigenvalue weighted by Crippen LogP contribution is 2.35. The molecule has 124 valence electrons. The van der Waals surface area contributed by atoms with Crippen LogP contribution < -0.4 is 10.1 Å². The van der Waals surface area contributed by atoms with Gasteiger partial charge in [-0.2, -0.15) is 0 Å². The number of ether oxygens (including phenoxy) is 1. The summed E-state index contributed by atoms with van der Waals surface area (Å²) in [7, 11) is 0. The molecule has 1 heterocycles. The molecule has 0 atom stereocenters. The van der Waals surface area contributed by atoms with E-state index in [9.17, 15) is 4.79 Å². The Bertz CT molecular complexity index is 665. The quantitative estimate of drug-likeness (QED) is 0.759. The normalized spacial score (nSPS) is 10.6. The Labute approximate surface area is 149 Å². The Morgan fingerprint density at radius 2 is 2.00 bits per heavy atom. The maximum absolute atomic E-state index is 12.1. The number of rotatable bonds is 6. The van der Waals surface area contributed by atoms with Crippen molar-refractivity contribution in [2.75, 3.05) is 13.2 Å². The monoisotopic (exact) mass is 375 g/mol. The number of imidazole rings is 1. The van der Waals surface area contributed by atoms with Crippen LogP contribution in [-0.4, -0.2) is 28.7 Å². The number of nitrogens with one attached hydrogen (secondary N) is 1. The van der Waals surface area contributed by atoms with Gasteiger partial charge in [-0.1, -0.05) is 41.7 Å². The molecule has 1 amide bonds. The highest BCUT2D eigenvalue weighted by atomic mass is 35.5. The lowest BCUT2D eigenvalue weighted by Gasteiger charge is -2.12. The first-order chi connectivity index (χ1) is 11.0. The average molecular weight is 377 g/mol. The molecule has 0 radical (unpaired) electrons. The van der Waals surface area contributed by atoms with Crippen molar-refractivity contribution in [1.29, 1.82) is 0 Å². The second-order valence-electron chi connectivity index (χ2n) is 4.74. The lowest BCUT2D eigenvalue weighted by molar-refractivity contribution is 0.237. The van der Waals surface area contributed by atoms with Crippen molar-refractivity contribution >= 4 is 40.8 Å². The van der Waals surface area contributed by atoms with Gasteiger partial charge in [0, 0.05) is 23.8 Å². The van der Waals surface area contributed by atoms with Crippen molar-refractivity contribution in [3.8, 4) is 5.75 Å². The standard InChI is InChI=1S/C15H16Cl3N3O2/c1-2-3-13-19-4-6-21(13)15(22)20-5-7-23-14-11(17)8-10(16)9-12(14)18/h4,6,8-9H,2-3,5,7H2,1H3,(H,20,22). The maximum Gasteiger partial charge on any atom is 0.327 e. The molecule has 0 aliphatic carbocycles. The number of nitrogens with zero attached hydrogens (tertiary/aromatic N) is 2. The summed E-state index contributed by atoms with van der Waals surface area (Å²) in [6.07, 6.45) is 4.90. The van der Waals surface area contributed by atoms with Gasteiger partial charge in [-0.05, 0) is 18.6 Å². The Morgan fingerprint density at radius 1 is 1.30 bits per heavy atom. The van der Waals surface area contributed by atoms with Gasteiger partial charge in [0.1, 0.15) is 12.4 Å². The van der Waals surface area contributed by atoms with Crippen LogP contribution >= 0.6 is 34.8 Å². The Morgan fingerprint density at radius 3 is 2.65 bits per heavy atom. The van der Waals surface area contributed by atoms with Gasteiger partial charge in [0.05, 0.1) is 16.6 Å². The van der Waals surface area contributed by atoms with E-state index in [0.717, 1.165) is 18.7 Å². The third-order valence-electron chi connectivity index (χ3n) is 3.00. The smallest absolute Gasteiger partial charge is 0.327 e. The van der Waals surface area contributed by atoms with Crippen molar-refractivity contribution in [3.63, 3.8) is 0 Å². The third kappa shape index (κ3) is 4.77. The molecule has 1 N–H and O–H groups in total. The summed E-state index contributed by atoms with van der Waals surface area (Å²) in [6.45, 7) is 2.56. The molecule has 1 aromatic carbocycles. The van der Waals surface area contributed by atoms with Gasteiger partial charge >= 0.3 is 6.03 Å². The second kappa shape index (κ2) is 8.43. The Kier molecular flexibility index (Phi) is 6.57. The molecule has 2 rings (SSSR count). The maximum atomic E-state index is 12.1. The molecule has 0 fully saturated rings. The number of hydrogen-bond acceptors (Lipinski definition) is 3. The summed E-state index contributed by atoms with van der Waals surface area (Å²) in [5.74, 6) is 1.08. The number of aromatic nitrogens is 2. The van der Waals surface area contributed by atoms with E-state index < -0.39 is 0 Å². The zero-order valence-corrected chi connectivity index (χ0v) is 14.8. The fourth-order valence-electron chi connectivity index (χ4n) is 1.99. The van der Waals surface area contributed by atoms with E-state index in [2.05, 4.69) is 10.3 Å². The van der Waals surface area contributed by atoms with Crippen LogP contribution in [0.15, 0.2) is 24.5 Å². The Hall–Kier alpha value is -1.43. The fraction of sp³-hybridized carbons (Fsp3) is 0.333. The van der Waals surface area contributed by atoms with Crippen molar-refractivity contribution in [2.45, 2.75) is 19.8 Å². The van der Waals surface area contributed by atoms with Gasteiger partial charge in [0.15, 0.2) is 5.75 Å². The van der Waals surface area contributed by atoms with Crippen LogP contribution in [0.25, 0.3) is 0 Å². The van der Waals surface area contributed by atoms with Crippen molar-refractivity contribution in [1.82, 2.24) is 14.9 Å². The summed E-state index contributed by atoms with van der Waals surface area (Å²) >= 11 is 17.9. The summed E-state index contributed by atoms with van der Waals surface area (Å²) in [4.78, 5) is 16.2. The number of aryl methyl sites for hydroxylation is 1. The lowest BCUT2D eigenvalue weighted by atomic mass is 10.3. The first kappa shape index (κ1) is 17.9. The van der Waals surface area contributed by atoms with Crippen molar-refractivity contribution in [3.05, 3.63) is 45.4 Å². The van der Waals surface area contributed by atoms with Crippen LogP contribution in [0.5, 0.6) is 5.75 Å². The van der Waals surface area contributed by atoms with E-state index in [-0.39, 0.29) is 12.6 Å². The minimum absolute atomic E-state index is 0.227. The molecule has 0 unspecified atom stereocenters. The number of hydrogen-bond donors (Lipinski definition) is 1. The number of carbonyl (C=O) groups is 1. The van der Waals surface area contributed by atoms with Gasteiger partial charge in [-0.15, -0.1) is 0 Å². The molecule has 0 saturated carbocycles. The van der Waals surface area contributed by atoms with E-state index in [0.29, 0.717) is 27.4 Å².